The standard InChI is InChI=1S/C15H22FNO2S/c1-15(2,3)20(19)11-10-17-14(18)9-6-12-4-7-13(16)8-5-12/h4-5,7-8H,6,9-11H2,1-3H3,(H,17,18). The number of carbonyl (C=O) groups is 1. The molecule has 1 N–H and O–H groups in total. The molecule has 0 aromatic heterocycles. The maximum atomic E-state index is 12.7. The Morgan fingerprint density at radius 2 is 1.85 bits per heavy atom. The van der Waals surface area contributed by atoms with Crippen LogP contribution in [-0.2, 0) is 22.0 Å². The maximum absolute atomic E-state index is 12.7. The van der Waals surface area contributed by atoms with Gasteiger partial charge in [-0.25, -0.2) is 4.39 Å². The summed E-state index contributed by atoms with van der Waals surface area (Å²) in [5.74, 6) is 0.120. The third-order valence-corrected chi connectivity index (χ3v) is 4.79. The molecule has 0 saturated heterocycles. The molecular formula is C15H22FNO2S. The maximum Gasteiger partial charge on any atom is 0.220 e. The molecule has 3 nitrogen and oxygen atoms in total. The number of aryl methyl sites for hydroxylation is 1. The molecule has 1 aromatic rings. The Labute approximate surface area is 122 Å². The van der Waals surface area contributed by atoms with E-state index in [4.69, 9.17) is 0 Å². The fourth-order valence-electron chi connectivity index (χ4n) is 1.59. The molecule has 5 heteroatoms. The molecule has 0 bridgehead atoms. The molecule has 0 aliphatic rings. The van der Waals surface area contributed by atoms with Crippen molar-refractivity contribution in [3.63, 3.8) is 0 Å². The quantitative estimate of drug-likeness (QED) is 0.877. The van der Waals surface area contributed by atoms with E-state index in [9.17, 15) is 13.4 Å². The molecule has 0 heterocycles. The number of hydrogen-bond donors (Lipinski definition) is 1. The second-order valence-corrected chi connectivity index (χ2v) is 7.96. The Kier molecular flexibility index (Phi) is 6.33. The van der Waals surface area contributed by atoms with E-state index in [0.717, 1.165) is 5.56 Å². The Balaban J connectivity index is 2.24. The van der Waals surface area contributed by atoms with Gasteiger partial charge >= 0.3 is 0 Å². The summed E-state index contributed by atoms with van der Waals surface area (Å²) >= 11 is 0. The van der Waals surface area contributed by atoms with Crippen LogP contribution in [0.25, 0.3) is 0 Å². The van der Waals surface area contributed by atoms with E-state index >= 15 is 0 Å². The van der Waals surface area contributed by atoms with Crippen molar-refractivity contribution < 1.29 is 13.4 Å². The molecule has 0 fully saturated rings. The monoisotopic (exact) mass is 299 g/mol. The van der Waals surface area contributed by atoms with Gasteiger partial charge < -0.3 is 5.32 Å². The van der Waals surface area contributed by atoms with Gasteiger partial charge in [0.15, 0.2) is 0 Å². The van der Waals surface area contributed by atoms with Crippen molar-refractivity contribution in [3.8, 4) is 0 Å². The number of nitrogens with one attached hydrogen (secondary N) is 1. The highest BCUT2D eigenvalue weighted by atomic mass is 32.2. The molecule has 0 aliphatic heterocycles. The van der Waals surface area contributed by atoms with E-state index in [1.807, 2.05) is 20.8 Å². The molecule has 1 aromatic carbocycles. The third-order valence-electron chi connectivity index (χ3n) is 2.85. The first-order chi connectivity index (χ1) is 9.29. The van der Waals surface area contributed by atoms with E-state index in [0.29, 0.717) is 25.1 Å². The van der Waals surface area contributed by atoms with Gasteiger partial charge in [0.25, 0.3) is 0 Å². The highest BCUT2D eigenvalue weighted by Gasteiger charge is 2.18. The molecule has 0 aliphatic carbocycles. The van der Waals surface area contributed by atoms with Crippen molar-refractivity contribution in [2.24, 2.45) is 0 Å². The molecule has 1 amide bonds. The van der Waals surface area contributed by atoms with Gasteiger partial charge in [-0.3, -0.25) is 9.00 Å². The van der Waals surface area contributed by atoms with Crippen LogP contribution >= 0.6 is 0 Å². The third kappa shape index (κ3) is 6.28. The number of hydrogen-bond acceptors (Lipinski definition) is 2. The lowest BCUT2D eigenvalue weighted by atomic mass is 10.1. The minimum Gasteiger partial charge on any atom is -0.355 e. The topological polar surface area (TPSA) is 46.2 Å². The molecule has 112 valence electrons. The van der Waals surface area contributed by atoms with Crippen LogP contribution in [0.5, 0.6) is 0 Å². The van der Waals surface area contributed by atoms with Crippen LogP contribution < -0.4 is 5.32 Å². The van der Waals surface area contributed by atoms with Crippen molar-refractivity contribution in [3.05, 3.63) is 35.6 Å². The van der Waals surface area contributed by atoms with Gasteiger partial charge in [0, 0.05) is 34.3 Å². The fraction of sp³-hybridized carbons (Fsp3) is 0.533. The molecule has 0 spiro atoms. The average molecular weight is 299 g/mol. The highest BCUT2D eigenvalue weighted by Crippen LogP contribution is 2.10. The van der Waals surface area contributed by atoms with Gasteiger partial charge in [-0.2, -0.15) is 0 Å². The Hall–Kier alpha value is -1.23. The summed E-state index contributed by atoms with van der Waals surface area (Å²) in [6.45, 7) is 6.17. The zero-order valence-corrected chi connectivity index (χ0v) is 13.1. The lowest BCUT2D eigenvalue weighted by Crippen LogP contribution is -2.32. The van der Waals surface area contributed by atoms with Crippen molar-refractivity contribution in [1.82, 2.24) is 5.32 Å². The summed E-state index contributed by atoms with van der Waals surface area (Å²) in [6.07, 6.45) is 0.933. The van der Waals surface area contributed by atoms with Crippen LogP contribution in [-0.4, -0.2) is 27.2 Å². The smallest absolute Gasteiger partial charge is 0.220 e. The molecular weight excluding hydrogens is 277 g/mol. The first-order valence-electron chi connectivity index (χ1n) is 6.68. The summed E-state index contributed by atoms with van der Waals surface area (Å²) in [7, 11) is -0.953. The Bertz CT molecular complexity index is 466. The Morgan fingerprint density at radius 3 is 2.40 bits per heavy atom. The first kappa shape index (κ1) is 16.8. The van der Waals surface area contributed by atoms with Gasteiger partial charge in [-0.1, -0.05) is 12.1 Å². The summed E-state index contributed by atoms with van der Waals surface area (Å²) < 4.78 is 24.2. The number of carbonyl (C=O) groups excluding carboxylic acids is 1. The second-order valence-electron chi connectivity index (χ2n) is 5.64. The average Bonchev–Trinajstić information content (AvgIpc) is 2.37. The lowest BCUT2D eigenvalue weighted by Gasteiger charge is -2.17. The highest BCUT2D eigenvalue weighted by molar-refractivity contribution is 7.86. The molecule has 1 atom stereocenters. The largest absolute Gasteiger partial charge is 0.355 e. The number of amides is 1. The number of benzene rings is 1. The summed E-state index contributed by atoms with van der Waals surface area (Å²) in [6, 6.07) is 6.13. The summed E-state index contributed by atoms with van der Waals surface area (Å²) in [4.78, 5) is 11.6. The summed E-state index contributed by atoms with van der Waals surface area (Å²) in [5.41, 5.74) is 0.930. The van der Waals surface area contributed by atoms with Crippen molar-refractivity contribution in [1.29, 1.82) is 0 Å². The van der Waals surface area contributed by atoms with E-state index in [1.54, 1.807) is 12.1 Å². The zero-order valence-electron chi connectivity index (χ0n) is 12.2. The second kappa shape index (κ2) is 7.53. The predicted molar refractivity (Wildman–Crippen MR) is 80.5 cm³/mol. The normalized spacial score (nSPS) is 13.0. The van der Waals surface area contributed by atoms with E-state index in [-0.39, 0.29) is 16.5 Å². The number of rotatable bonds is 6. The zero-order chi connectivity index (χ0) is 15.2. The molecule has 20 heavy (non-hydrogen) atoms. The molecule has 0 radical (unpaired) electrons. The Morgan fingerprint density at radius 1 is 1.25 bits per heavy atom. The van der Waals surface area contributed by atoms with Gasteiger partial charge in [0.05, 0.1) is 0 Å². The fourth-order valence-corrected chi connectivity index (χ4v) is 2.49. The minimum absolute atomic E-state index is 0.0692. The van der Waals surface area contributed by atoms with E-state index in [2.05, 4.69) is 5.32 Å². The van der Waals surface area contributed by atoms with Gasteiger partial charge in [-0.05, 0) is 44.9 Å². The van der Waals surface area contributed by atoms with Crippen LogP contribution in [0.4, 0.5) is 4.39 Å². The SMILES string of the molecule is CC(C)(C)S(=O)CCNC(=O)CCc1ccc(F)cc1. The van der Waals surface area contributed by atoms with E-state index in [1.165, 1.54) is 12.1 Å². The van der Waals surface area contributed by atoms with Crippen LogP contribution in [0.2, 0.25) is 0 Å². The number of halogens is 1. The van der Waals surface area contributed by atoms with E-state index < -0.39 is 10.8 Å². The minimum atomic E-state index is -0.953. The van der Waals surface area contributed by atoms with Crippen molar-refractivity contribution in [2.75, 3.05) is 12.3 Å². The molecule has 0 saturated carbocycles. The molecule has 1 unspecified atom stereocenters. The van der Waals surface area contributed by atoms with Crippen molar-refractivity contribution >= 4 is 16.7 Å². The van der Waals surface area contributed by atoms with Gasteiger partial charge in [0.1, 0.15) is 5.82 Å². The lowest BCUT2D eigenvalue weighted by molar-refractivity contribution is -0.120. The summed E-state index contributed by atoms with van der Waals surface area (Å²) in [5, 5.41) is 2.76. The van der Waals surface area contributed by atoms with Crippen LogP contribution in [0.1, 0.15) is 32.8 Å². The van der Waals surface area contributed by atoms with Crippen LogP contribution in [0, 0.1) is 5.82 Å². The van der Waals surface area contributed by atoms with Crippen LogP contribution in [0.15, 0.2) is 24.3 Å². The first-order valence-corrected chi connectivity index (χ1v) is 8.00. The van der Waals surface area contributed by atoms with Crippen molar-refractivity contribution in [2.45, 2.75) is 38.4 Å². The predicted octanol–water partition coefficient (Wildman–Crippen LogP) is 2.42. The van der Waals surface area contributed by atoms with Crippen LogP contribution in [0.3, 0.4) is 0 Å². The van der Waals surface area contributed by atoms with Gasteiger partial charge in [0.2, 0.25) is 5.91 Å². The van der Waals surface area contributed by atoms with Gasteiger partial charge in [-0.15, -0.1) is 0 Å². The molecule has 1 rings (SSSR count).